The Labute approximate surface area is 195 Å². The van der Waals surface area contributed by atoms with Crippen molar-refractivity contribution in [1.82, 2.24) is 20.4 Å². The van der Waals surface area contributed by atoms with E-state index in [0.29, 0.717) is 23.6 Å². The Kier molecular flexibility index (Phi) is 6.83. The standard InChI is InChI=1S/C25H22N4O5/c1-2-26-25(32)27-22(30)16-33-23(31)13-12-18-15-29(19-9-4-3-5-10-19)28-24(18)21-14-17-8-6-7-11-20(17)34-21/h3-15H,2,16H2,1H3,(H2,26,27,30,32). The van der Waals surface area contributed by atoms with Gasteiger partial charge in [-0.25, -0.2) is 14.3 Å². The largest absolute Gasteiger partial charge is 0.454 e. The number of rotatable bonds is 7. The molecule has 2 aromatic heterocycles. The first kappa shape index (κ1) is 22.5. The summed E-state index contributed by atoms with van der Waals surface area (Å²) in [7, 11) is 0. The highest BCUT2D eigenvalue weighted by molar-refractivity contribution is 5.96. The Morgan fingerprint density at radius 3 is 2.62 bits per heavy atom. The molecule has 0 saturated carbocycles. The fourth-order valence-electron chi connectivity index (χ4n) is 3.22. The molecule has 2 heterocycles. The molecule has 0 bridgehead atoms. The van der Waals surface area contributed by atoms with E-state index in [2.05, 4.69) is 15.7 Å². The van der Waals surface area contributed by atoms with Crippen LogP contribution in [-0.2, 0) is 14.3 Å². The third kappa shape index (κ3) is 5.39. The van der Waals surface area contributed by atoms with Crippen molar-refractivity contribution in [1.29, 1.82) is 0 Å². The van der Waals surface area contributed by atoms with Crippen molar-refractivity contribution in [2.45, 2.75) is 6.92 Å². The molecule has 9 nitrogen and oxygen atoms in total. The summed E-state index contributed by atoms with van der Waals surface area (Å²) in [5.74, 6) is -0.924. The maximum absolute atomic E-state index is 12.2. The Morgan fingerprint density at radius 1 is 1.09 bits per heavy atom. The molecule has 0 fully saturated rings. The summed E-state index contributed by atoms with van der Waals surface area (Å²) >= 11 is 0. The fourth-order valence-corrected chi connectivity index (χ4v) is 3.22. The maximum Gasteiger partial charge on any atom is 0.331 e. The minimum Gasteiger partial charge on any atom is -0.454 e. The van der Waals surface area contributed by atoms with Crippen LogP contribution in [0.3, 0.4) is 0 Å². The number of hydrogen-bond donors (Lipinski definition) is 2. The zero-order valence-electron chi connectivity index (χ0n) is 18.4. The van der Waals surface area contributed by atoms with Crippen LogP contribution in [0.1, 0.15) is 12.5 Å². The van der Waals surface area contributed by atoms with E-state index < -0.39 is 24.5 Å². The smallest absolute Gasteiger partial charge is 0.331 e. The molecule has 172 valence electrons. The van der Waals surface area contributed by atoms with Crippen LogP contribution in [0.15, 0.2) is 77.4 Å². The van der Waals surface area contributed by atoms with Crippen LogP contribution in [0.5, 0.6) is 0 Å². The number of para-hydroxylation sites is 2. The number of amides is 3. The van der Waals surface area contributed by atoms with Crippen molar-refractivity contribution in [2.24, 2.45) is 0 Å². The van der Waals surface area contributed by atoms with Gasteiger partial charge < -0.3 is 14.5 Å². The number of carbonyl (C=O) groups excluding carboxylic acids is 3. The highest BCUT2D eigenvalue weighted by Crippen LogP contribution is 2.30. The summed E-state index contributed by atoms with van der Waals surface area (Å²) < 4.78 is 12.6. The molecule has 0 atom stereocenters. The molecule has 0 radical (unpaired) electrons. The van der Waals surface area contributed by atoms with E-state index in [1.165, 1.54) is 6.08 Å². The molecule has 0 spiro atoms. The number of ether oxygens (including phenoxy) is 1. The van der Waals surface area contributed by atoms with Gasteiger partial charge >= 0.3 is 12.0 Å². The van der Waals surface area contributed by atoms with Crippen LogP contribution in [0.4, 0.5) is 4.79 Å². The summed E-state index contributed by atoms with van der Waals surface area (Å²) in [4.78, 5) is 35.2. The molecule has 0 aliphatic carbocycles. The summed E-state index contributed by atoms with van der Waals surface area (Å²) in [6.45, 7) is 1.50. The van der Waals surface area contributed by atoms with E-state index in [9.17, 15) is 14.4 Å². The lowest BCUT2D eigenvalue weighted by Crippen LogP contribution is -2.41. The minimum absolute atomic E-state index is 0.367. The van der Waals surface area contributed by atoms with Crippen LogP contribution in [-0.4, -0.2) is 40.8 Å². The second-order valence-corrected chi connectivity index (χ2v) is 7.21. The molecule has 4 rings (SSSR count). The molecular weight excluding hydrogens is 436 g/mol. The number of nitrogens with one attached hydrogen (secondary N) is 2. The second kappa shape index (κ2) is 10.3. The monoisotopic (exact) mass is 458 g/mol. The number of benzene rings is 2. The average molecular weight is 458 g/mol. The number of urea groups is 1. The lowest BCUT2D eigenvalue weighted by molar-refractivity contribution is -0.143. The first-order valence-electron chi connectivity index (χ1n) is 10.6. The van der Waals surface area contributed by atoms with Gasteiger partial charge in [0, 0.05) is 29.8 Å². The van der Waals surface area contributed by atoms with Gasteiger partial charge in [-0.1, -0.05) is 36.4 Å². The number of nitrogens with zero attached hydrogens (tertiary/aromatic N) is 2. The summed E-state index contributed by atoms with van der Waals surface area (Å²) in [5.41, 5.74) is 2.72. The third-order valence-corrected chi connectivity index (χ3v) is 4.76. The highest BCUT2D eigenvalue weighted by Gasteiger charge is 2.16. The van der Waals surface area contributed by atoms with Gasteiger partial charge in [-0.2, -0.15) is 5.10 Å². The lowest BCUT2D eigenvalue weighted by atomic mass is 10.2. The van der Waals surface area contributed by atoms with Crippen LogP contribution in [0.2, 0.25) is 0 Å². The fraction of sp³-hybridized carbons (Fsp3) is 0.120. The molecular formula is C25H22N4O5. The van der Waals surface area contributed by atoms with Crippen molar-refractivity contribution in [3.8, 4) is 17.1 Å². The number of aromatic nitrogens is 2. The Hall–Kier alpha value is -4.66. The quantitative estimate of drug-likeness (QED) is 0.322. The van der Waals surface area contributed by atoms with E-state index in [0.717, 1.165) is 16.7 Å². The molecule has 2 aromatic carbocycles. The number of carbonyl (C=O) groups is 3. The predicted octanol–water partition coefficient (Wildman–Crippen LogP) is 3.69. The first-order valence-corrected chi connectivity index (χ1v) is 10.6. The van der Waals surface area contributed by atoms with E-state index in [-0.39, 0.29) is 0 Å². The van der Waals surface area contributed by atoms with Gasteiger partial charge in [-0.15, -0.1) is 0 Å². The molecule has 3 amide bonds. The molecule has 9 heteroatoms. The van der Waals surface area contributed by atoms with Gasteiger partial charge in [-0.3, -0.25) is 10.1 Å². The highest BCUT2D eigenvalue weighted by atomic mass is 16.5. The van der Waals surface area contributed by atoms with Crippen LogP contribution >= 0.6 is 0 Å². The predicted molar refractivity (Wildman–Crippen MR) is 126 cm³/mol. The summed E-state index contributed by atoms with van der Waals surface area (Å²) in [6.07, 6.45) is 4.50. The van der Waals surface area contributed by atoms with E-state index in [4.69, 9.17) is 9.15 Å². The van der Waals surface area contributed by atoms with E-state index >= 15 is 0 Å². The first-order chi connectivity index (χ1) is 16.5. The third-order valence-electron chi connectivity index (χ3n) is 4.76. The van der Waals surface area contributed by atoms with Crippen molar-refractivity contribution in [3.05, 3.63) is 78.5 Å². The molecule has 0 unspecified atom stereocenters. The molecule has 0 aliphatic heterocycles. The number of fused-ring (bicyclic) bond motifs is 1. The van der Waals surface area contributed by atoms with Gasteiger partial charge in [-0.05, 0) is 37.3 Å². The Bertz CT molecular complexity index is 1320. The second-order valence-electron chi connectivity index (χ2n) is 7.21. The number of furan rings is 1. The van der Waals surface area contributed by atoms with Crippen molar-refractivity contribution >= 4 is 35.0 Å². The SMILES string of the molecule is CCNC(=O)NC(=O)COC(=O)C=Cc1cn(-c2ccccc2)nc1-c1cc2ccccc2o1. The van der Waals surface area contributed by atoms with Gasteiger partial charge in [0.15, 0.2) is 12.4 Å². The van der Waals surface area contributed by atoms with Gasteiger partial charge in [0.2, 0.25) is 0 Å². The zero-order valence-corrected chi connectivity index (χ0v) is 18.4. The van der Waals surface area contributed by atoms with E-state index in [1.54, 1.807) is 23.9 Å². The Morgan fingerprint density at radius 2 is 1.85 bits per heavy atom. The number of esters is 1. The maximum atomic E-state index is 12.2. The molecule has 0 aliphatic rings. The van der Waals surface area contributed by atoms with Crippen molar-refractivity contribution in [2.75, 3.05) is 13.2 Å². The van der Waals surface area contributed by atoms with Gasteiger partial charge in [0.05, 0.1) is 5.69 Å². The van der Waals surface area contributed by atoms with Gasteiger partial charge in [0.25, 0.3) is 5.91 Å². The summed E-state index contributed by atoms with van der Waals surface area (Å²) in [6, 6.07) is 18.4. The molecule has 2 N–H and O–H groups in total. The number of imide groups is 1. The number of hydrogen-bond acceptors (Lipinski definition) is 6. The van der Waals surface area contributed by atoms with Crippen molar-refractivity contribution in [3.63, 3.8) is 0 Å². The summed E-state index contributed by atoms with van der Waals surface area (Å²) in [5, 5.41) is 10.1. The normalized spacial score (nSPS) is 11.0. The molecule has 4 aromatic rings. The van der Waals surface area contributed by atoms with Gasteiger partial charge in [0.1, 0.15) is 11.3 Å². The molecule has 0 saturated heterocycles. The zero-order chi connectivity index (χ0) is 23.9. The van der Waals surface area contributed by atoms with Crippen LogP contribution in [0, 0.1) is 0 Å². The lowest BCUT2D eigenvalue weighted by Gasteiger charge is -2.04. The molecule has 34 heavy (non-hydrogen) atoms. The van der Waals surface area contributed by atoms with E-state index in [1.807, 2.05) is 60.7 Å². The topological polar surface area (TPSA) is 115 Å². The van der Waals surface area contributed by atoms with Crippen LogP contribution in [0.25, 0.3) is 34.2 Å². The van der Waals surface area contributed by atoms with Crippen molar-refractivity contribution < 1.29 is 23.5 Å². The minimum atomic E-state index is -0.742. The average Bonchev–Trinajstić information content (AvgIpc) is 3.46. The Balaban J connectivity index is 1.54. The van der Waals surface area contributed by atoms with Crippen LogP contribution < -0.4 is 10.6 Å².